The highest BCUT2D eigenvalue weighted by atomic mass is 16.3. The van der Waals surface area contributed by atoms with Crippen molar-refractivity contribution in [2.24, 2.45) is 0 Å². The topological polar surface area (TPSA) is 50.9 Å². The van der Waals surface area contributed by atoms with Crippen molar-refractivity contribution in [2.75, 3.05) is 0 Å². The summed E-state index contributed by atoms with van der Waals surface area (Å²) in [7, 11) is 0. The Bertz CT molecular complexity index is 608. The first kappa shape index (κ1) is 15.2. The molecule has 1 aromatic carbocycles. The molecule has 1 aliphatic carbocycles. The Morgan fingerprint density at radius 3 is 2.95 bits per heavy atom. The third kappa shape index (κ3) is 3.22. The van der Waals surface area contributed by atoms with Gasteiger partial charge in [-0.25, -0.2) is 4.68 Å². The zero-order valence-electron chi connectivity index (χ0n) is 13.3. The predicted molar refractivity (Wildman–Crippen MR) is 86.6 cm³/mol. The van der Waals surface area contributed by atoms with E-state index in [9.17, 15) is 5.11 Å². The van der Waals surface area contributed by atoms with Gasteiger partial charge in [-0.2, -0.15) is 0 Å². The largest absolute Gasteiger partial charge is 0.386 e. The summed E-state index contributed by atoms with van der Waals surface area (Å²) in [5.74, 6) is 0. The number of hydrogen-bond acceptors (Lipinski definition) is 3. The molecule has 4 nitrogen and oxygen atoms in total. The third-order valence-corrected chi connectivity index (χ3v) is 4.63. The van der Waals surface area contributed by atoms with E-state index in [1.165, 1.54) is 31.2 Å². The monoisotopic (exact) mass is 299 g/mol. The van der Waals surface area contributed by atoms with Crippen LogP contribution in [0.1, 0.15) is 68.0 Å². The van der Waals surface area contributed by atoms with Crippen LogP contribution in [0.4, 0.5) is 0 Å². The van der Waals surface area contributed by atoms with Crippen LogP contribution in [0.5, 0.6) is 0 Å². The number of aryl methyl sites for hydroxylation is 2. The number of nitrogens with zero attached hydrogens (tertiary/aromatic N) is 3. The van der Waals surface area contributed by atoms with E-state index >= 15 is 0 Å². The molecule has 3 rings (SSSR count). The summed E-state index contributed by atoms with van der Waals surface area (Å²) in [6.45, 7) is 2.22. The van der Waals surface area contributed by atoms with E-state index in [2.05, 4.69) is 23.3 Å². The number of benzene rings is 1. The number of rotatable bonds is 6. The van der Waals surface area contributed by atoms with E-state index in [0.717, 1.165) is 30.5 Å². The van der Waals surface area contributed by atoms with Gasteiger partial charge in [0.15, 0.2) is 0 Å². The third-order valence-electron chi connectivity index (χ3n) is 4.63. The van der Waals surface area contributed by atoms with Crippen molar-refractivity contribution < 1.29 is 5.11 Å². The molecule has 0 spiro atoms. The van der Waals surface area contributed by atoms with Gasteiger partial charge in [0.2, 0.25) is 0 Å². The zero-order chi connectivity index (χ0) is 15.4. The van der Waals surface area contributed by atoms with E-state index in [4.69, 9.17) is 0 Å². The summed E-state index contributed by atoms with van der Waals surface area (Å²) in [5, 5.41) is 19.2. The van der Waals surface area contributed by atoms with E-state index in [1.54, 1.807) is 0 Å². The molecule has 118 valence electrons. The molecule has 1 aromatic heterocycles. The lowest BCUT2D eigenvalue weighted by Gasteiger charge is -2.29. The van der Waals surface area contributed by atoms with Crippen LogP contribution in [0.25, 0.3) is 0 Å². The average Bonchev–Trinajstić information content (AvgIpc) is 3.01. The van der Waals surface area contributed by atoms with Crippen LogP contribution in [-0.2, 0) is 12.8 Å². The number of aliphatic hydroxyl groups is 1. The van der Waals surface area contributed by atoms with Gasteiger partial charge in [0, 0.05) is 6.20 Å². The van der Waals surface area contributed by atoms with Crippen molar-refractivity contribution in [3.63, 3.8) is 0 Å². The van der Waals surface area contributed by atoms with Gasteiger partial charge < -0.3 is 5.11 Å². The van der Waals surface area contributed by atoms with E-state index in [1.807, 2.05) is 29.1 Å². The predicted octanol–water partition coefficient (Wildman–Crippen LogP) is 3.62. The molecule has 2 aromatic rings. The molecule has 0 amide bonds. The van der Waals surface area contributed by atoms with Gasteiger partial charge in [-0.3, -0.25) is 0 Å². The van der Waals surface area contributed by atoms with Crippen molar-refractivity contribution in [1.82, 2.24) is 15.0 Å². The molecule has 0 saturated heterocycles. The number of fused-ring (bicyclic) bond motifs is 1. The number of aliphatic hydroxyl groups excluding tert-OH is 1. The maximum absolute atomic E-state index is 10.6. The maximum Gasteiger partial charge on any atom is 0.102 e. The summed E-state index contributed by atoms with van der Waals surface area (Å²) < 4.78 is 1.87. The molecule has 22 heavy (non-hydrogen) atoms. The van der Waals surface area contributed by atoms with Crippen molar-refractivity contribution in [1.29, 1.82) is 0 Å². The quantitative estimate of drug-likeness (QED) is 0.829. The first-order valence-corrected chi connectivity index (χ1v) is 8.46. The van der Waals surface area contributed by atoms with Crippen LogP contribution in [0.2, 0.25) is 0 Å². The second-order valence-electron chi connectivity index (χ2n) is 6.25. The first-order valence-electron chi connectivity index (χ1n) is 8.46. The highest BCUT2D eigenvalue weighted by Crippen LogP contribution is 2.36. The van der Waals surface area contributed by atoms with Gasteiger partial charge in [0.1, 0.15) is 6.10 Å². The Morgan fingerprint density at radius 2 is 2.09 bits per heavy atom. The molecular formula is C18H25N3O. The fraction of sp³-hybridized carbons (Fsp3) is 0.556. The van der Waals surface area contributed by atoms with Gasteiger partial charge in [-0.05, 0) is 36.8 Å². The highest BCUT2D eigenvalue weighted by molar-refractivity contribution is 5.32. The molecule has 2 atom stereocenters. The van der Waals surface area contributed by atoms with Crippen LogP contribution in [0, 0.1) is 0 Å². The molecular weight excluding hydrogens is 274 g/mol. The average molecular weight is 299 g/mol. The van der Waals surface area contributed by atoms with E-state index in [-0.39, 0.29) is 6.04 Å². The summed E-state index contributed by atoms with van der Waals surface area (Å²) >= 11 is 0. The van der Waals surface area contributed by atoms with Gasteiger partial charge in [0.05, 0.1) is 11.7 Å². The lowest BCUT2D eigenvalue weighted by Crippen LogP contribution is -2.24. The zero-order valence-corrected chi connectivity index (χ0v) is 13.3. The number of aromatic nitrogens is 3. The van der Waals surface area contributed by atoms with E-state index in [0.29, 0.717) is 0 Å². The van der Waals surface area contributed by atoms with Crippen LogP contribution in [0.3, 0.4) is 0 Å². The Hall–Kier alpha value is -1.68. The van der Waals surface area contributed by atoms with Crippen LogP contribution in [0.15, 0.2) is 30.5 Å². The van der Waals surface area contributed by atoms with Crippen LogP contribution in [-0.4, -0.2) is 20.1 Å². The Balaban J connectivity index is 1.66. The molecule has 0 fully saturated rings. The Morgan fingerprint density at radius 1 is 1.23 bits per heavy atom. The van der Waals surface area contributed by atoms with Gasteiger partial charge in [0.25, 0.3) is 0 Å². The first-order chi connectivity index (χ1) is 10.8. The molecule has 1 aliphatic rings. The summed E-state index contributed by atoms with van der Waals surface area (Å²) in [5.41, 5.74) is 3.34. The fourth-order valence-corrected chi connectivity index (χ4v) is 3.32. The summed E-state index contributed by atoms with van der Waals surface area (Å²) in [6.07, 6.45) is 9.38. The van der Waals surface area contributed by atoms with Crippen molar-refractivity contribution in [3.05, 3.63) is 47.3 Å². The summed E-state index contributed by atoms with van der Waals surface area (Å²) in [4.78, 5) is 0. The van der Waals surface area contributed by atoms with Gasteiger partial charge in [-0.15, -0.1) is 5.10 Å². The molecule has 1 heterocycles. The second kappa shape index (κ2) is 7.05. The van der Waals surface area contributed by atoms with Crippen LogP contribution >= 0.6 is 0 Å². The Kier molecular flexibility index (Phi) is 4.88. The smallest absolute Gasteiger partial charge is 0.102 e. The molecule has 0 bridgehead atoms. The molecule has 0 radical (unpaired) electrons. The van der Waals surface area contributed by atoms with Crippen molar-refractivity contribution in [2.45, 2.75) is 64.0 Å². The summed E-state index contributed by atoms with van der Waals surface area (Å²) in [6, 6.07) is 8.16. The normalized spacial score (nSPS) is 20.8. The standard InChI is InChI=1S/C18H25N3O/c1-2-3-4-5-9-15-13-21(20-19-15)17-12-11-14-8-6-7-10-16(14)18(17)22/h6-8,10,13,17-18,22H,2-5,9,11-12H2,1H3/t17-,18+/m1/s1. The fourth-order valence-electron chi connectivity index (χ4n) is 3.32. The van der Waals surface area contributed by atoms with Crippen molar-refractivity contribution in [3.8, 4) is 0 Å². The minimum Gasteiger partial charge on any atom is -0.386 e. The molecule has 0 saturated carbocycles. The number of unbranched alkanes of at least 4 members (excludes halogenated alkanes) is 3. The lowest BCUT2D eigenvalue weighted by atomic mass is 9.86. The van der Waals surface area contributed by atoms with Gasteiger partial charge >= 0.3 is 0 Å². The van der Waals surface area contributed by atoms with E-state index < -0.39 is 6.10 Å². The lowest BCUT2D eigenvalue weighted by molar-refractivity contribution is 0.0911. The SMILES string of the molecule is CCCCCCc1cn([C@@H]2CCc3ccccc3[C@@H]2O)nn1. The minimum absolute atomic E-state index is 0.00629. The Labute approximate surface area is 132 Å². The molecule has 4 heteroatoms. The van der Waals surface area contributed by atoms with Crippen LogP contribution < -0.4 is 0 Å². The van der Waals surface area contributed by atoms with Gasteiger partial charge in [-0.1, -0.05) is 55.7 Å². The highest BCUT2D eigenvalue weighted by Gasteiger charge is 2.29. The maximum atomic E-state index is 10.6. The van der Waals surface area contributed by atoms with Crippen molar-refractivity contribution >= 4 is 0 Å². The molecule has 0 aliphatic heterocycles. The number of hydrogen-bond donors (Lipinski definition) is 1. The minimum atomic E-state index is -0.486. The molecule has 1 N–H and O–H groups in total. The molecule has 0 unspecified atom stereocenters. The second-order valence-corrected chi connectivity index (χ2v) is 6.25.